The highest BCUT2D eigenvalue weighted by atomic mass is 127. The largest absolute Gasteiger partial charge is 0.348 e. The molecule has 1 aromatic rings. The Hall–Kier alpha value is -0.360. The summed E-state index contributed by atoms with van der Waals surface area (Å²) in [5.74, 6) is 11.2. The van der Waals surface area contributed by atoms with Gasteiger partial charge in [0.05, 0.1) is 12.6 Å². The summed E-state index contributed by atoms with van der Waals surface area (Å²) >= 11 is 2.39. The summed E-state index contributed by atoms with van der Waals surface area (Å²) in [5.41, 5.74) is 3.88. The van der Waals surface area contributed by atoms with E-state index >= 15 is 0 Å². The smallest absolute Gasteiger partial charge is 0.0797 e. The van der Waals surface area contributed by atoms with Gasteiger partial charge in [-0.05, 0) is 132 Å². The van der Waals surface area contributed by atoms with Gasteiger partial charge in [-0.3, -0.25) is 0 Å². The number of rotatable bonds is 5. The molecule has 3 fully saturated rings. The first-order valence-corrected chi connectivity index (χ1v) is 17.7. The Kier molecular flexibility index (Phi) is 7.85. The van der Waals surface area contributed by atoms with Gasteiger partial charge >= 0.3 is 0 Å². The molecule has 34 heavy (non-hydrogen) atoms. The van der Waals surface area contributed by atoms with Gasteiger partial charge in [-0.1, -0.05) is 62.5 Å². The predicted octanol–water partition coefficient (Wildman–Crippen LogP) is 9.36. The first-order valence-electron chi connectivity index (χ1n) is 13.7. The van der Waals surface area contributed by atoms with Crippen molar-refractivity contribution >= 4 is 28.5 Å². The lowest BCUT2D eigenvalue weighted by Crippen LogP contribution is -2.50. The number of halogens is 1. The highest BCUT2D eigenvalue weighted by molar-refractivity contribution is 14.2. The van der Waals surface area contributed by atoms with Gasteiger partial charge in [0, 0.05) is 12.0 Å². The van der Waals surface area contributed by atoms with E-state index in [4.69, 9.17) is 4.52 Å². The molecule has 0 radical (unpaired) electrons. The standard InChI is InChI=1S/C31H42IOP/c1-22(9-7-8-12-23-10-5-4-6-11-23)27-15-16-28-26-14-13-24-21-25(33-34-32)17-19-30(24,2)29(26)18-20-31(27,28)3/h4-6,10-11,13,22,25-29,34H,7,9,14-21H2,1-3H3/t22-,25+,26+,27-,28+,29?,30+,31-/m1/s1. The average molecular weight is 589 g/mol. The van der Waals surface area contributed by atoms with Gasteiger partial charge in [-0.2, -0.15) is 0 Å². The van der Waals surface area contributed by atoms with E-state index in [1.54, 1.807) is 5.57 Å². The zero-order valence-corrected chi connectivity index (χ0v) is 24.4. The van der Waals surface area contributed by atoms with Gasteiger partial charge in [-0.15, -0.1) is 0 Å². The van der Waals surface area contributed by atoms with Gasteiger partial charge in [0.2, 0.25) is 0 Å². The van der Waals surface area contributed by atoms with E-state index in [9.17, 15) is 0 Å². The quantitative estimate of drug-likeness (QED) is 0.144. The topological polar surface area (TPSA) is 9.23 Å². The van der Waals surface area contributed by atoms with Crippen LogP contribution in [-0.2, 0) is 4.52 Å². The molecule has 0 amide bonds. The maximum absolute atomic E-state index is 6.07. The van der Waals surface area contributed by atoms with Crippen molar-refractivity contribution in [2.45, 2.75) is 91.1 Å². The molecule has 9 atom stereocenters. The fourth-order valence-corrected chi connectivity index (χ4v) is 10.4. The van der Waals surface area contributed by atoms with Crippen molar-refractivity contribution in [2.24, 2.45) is 40.4 Å². The predicted molar refractivity (Wildman–Crippen MR) is 154 cm³/mol. The van der Waals surface area contributed by atoms with Gasteiger partial charge in [0.25, 0.3) is 0 Å². The van der Waals surface area contributed by atoms with Crippen molar-refractivity contribution in [3.05, 3.63) is 47.5 Å². The highest BCUT2D eigenvalue weighted by Gasteiger charge is 2.59. The zero-order valence-electron chi connectivity index (χ0n) is 21.3. The Morgan fingerprint density at radius 2 is 1.91 bits per heavy atom. The first kappa shape index (κ1) is 25.3. The zero-order chi connectivity index (χ0) is 23.8. The van der Waals surface area contributed by atoms with E-state index in [0.29, 0.717) is 23.4 Å². The lowest BCUT2D eigenvalue weighted by Gasteiger charge is -2.58. The average Bonchev–Trinajstić information content (AvgIpc) is 3.20. The van der Waals surface area contributed by atoms with Crippen molar-refractivity contribution in [1.29, 1.82) is 0 Å². The van der Waals surface area contributed by atoms with Crippen LogP contribution in [0, 0.1) is 52.3 Å². The molecule has 2 unspecified atom stereocenters. The molecule has 4 aliphatic rings. The van der Waals surface area contributed by atoms with Crippen LogP contribution in [0.3, 0.4) is 0 Å². The van der Waals surface area contributed by atoms with Crippen molar-refractivity contribution < 1.29 is 4.52 Å². The van der Waals surface area contributed by atoms with Crippen LogP contribution in [0.25, 0.3) is 0 Å². The normalized spacial score (nSPS) is 40.0. The van der Waals surface area contributed by atoms with E-state index in [1.807, 2.05) is 0 Å². The molecule has 0 aromatic heterocycles. The summed E-state index contributed by atoms with van der Waals surface area (Å²) in [4.78, 5) is 0. The van der Waals surface area contributed by atoms with Crippen LogP contribution in [0.5, 0.6) is 0 Å². The molecule has 184 valence electrons. The van der Waals surface area contributed by atoms with E-state index in [2.05, 4.69) is 91.1 Å². The molecule has 1 nitrogen and oxygen atoms in total. The van der Waals surface area contributed by atoms with Crippen LogP contribution in [-0.4, -0.2) is 6.10 Å². The Morgan fingerprint density at radius 1 is 1.09 bits per heavy atom. The lowest BCUT2D eigenvalue weighted by atomic mass is 9.47. The third kappa shape index (κ3) is 4.68. The minimum atomic E-state index is 0.440. The second-order valence-electron chi connectivity index (χ2n) is 12.2. The van der Waals surface area contributed by atoms with Crippen LogP contribution in [0.4, 0.5) is 0 Å². The van der Waals surface area contributed by atoms with Crippen molar-refractivity contribution in [1.82, 2.24) is 0 Å². The number of benzene rings is 1. The molecule has 5 rings (SSSR count). The highest BCUT2D eigenvalue weighted by Crippen LogP contribution is 2.67. The fraction of sp³-hybridized carbons (Fsp3) is 0.677. The van der Waals surface area contributed by atoms with E-state index in [-0.39, 0.29) is 0 Å². The molecule has 3 saturated carbocycles. The number of hydrogen-bond acceptors (Lipinski definition) is 1. The summed E-state index contributed by atoms with van der Waals surface area (Å²) in [7, 11) is 0. The maximum Gasteiger partial charge on any atom is 0.0797 e. The SMILES string of the molecule is C[C@H](CCC#Cc1ccccc1)[C@H]1CC[C@H]2[C@@H]3CC=C4C[C@@H](OPI)CC[C@]4(C)C3CC[C@]12C. The molecule has 4 aliphatic carbocycles. The summed E-state index contributed by atoms with van der Waals surface area (Å²) < 4.78 is 6.07. The van der Waals surface area contributed by atoms with Gasteiger partial charge < -0.3 is 4.52 Å². The minimum Gasteiger partial charge on any atom is -0.348 e. The van der Waals surface area contributed by atoms with Crippen LogP contribution in [0.15, 0.2) is 42.0 Å². The molecule has 0 saturated heterocycles. The molecule has 0 spiro atoms. The van der Waals surface area contributed by atoms with E-state index in [0.717, 1.165) is 41.6 Å². The maximum atomic E-state index is 6.07. The van der Waals surface area contributed by atoms with E-state index < -0.39 is 0 Å². The molecular weight excluding hydrogens is 546 g/mol. The third-order valence-corrected chi connectivity index (χ3v) is 11.9. The second kappa shape index (κ2) is 10.6. The molecular formula is C31H42IOP. The molecule has 0 heterocycles. The van der Waals surface area contributed by atoms with Gasteiger partial charge in [0.1, 0.15) is 0 Å². The second-order valence-corrected chi connectivity index (χ2v) is 13.9. The summed E-state index contributed by atoms with van der Waals surface area (Å²) in [6.45, 7) is 8.44. The first-order chi connectivity index (χ1) is 16.5. The Bertz CT molecular complexity index is 947. The van der Waals surface area contributed by atoms with Crippen LogP contribution < -0.4 is 0 Å². The van der Waals surface area contributed by atoms with Crippen molar-refractivity contribution in [3.63, 3.8) is 0 Å². The van der Waals surface area contributed by atoms with Crippen molar-refractivity contribution in [3.8, 4) is 11.8 Å². The molecule has 0 bridgehead atoms. The summed E-state index contributed by atoms with van der Waals surface area (Å²) in [6, 6.07) is 10.5. The Balaban J connectivity index is 1.25. The number of fused-ring (bicyclic) bond motifs is 5. The minimum absolute atomic E-state index is 0.440. The van der Waals surface area contributed by atoms with Gasteiger partial charge in [-0.25, -0.2) is 0 Å². The number of allylic oxidation sites excluding steroid dienone is 1. The third-order valence-electron chi connectivity index (χ3n) is 10.8. The van der Waals surface area contributed by atoms with E-state index in [1.165, 1.54) is 57.8 Å². The fourth-order valence-electron chi connectivity index (χ4n) is 8.95. The molecule has 0 N–H and O–H groups in total. The monoisotopic (exact) mass is 588 g/mol. The number of hydrogen-bond donors (Lipinski definition) is 0. The summed E-state index contributed by atoms with van der Waals surface area (Å²) in [5, 5.41) is 0. The molecule has 0 aliphatic heterocycles. The van der Waals surface area contributed by atoms with Crippen LogP contribution in [0.1, 0.15) is 90.5 Å². The Morgan fingerprint density at radius 3 is 2.71 bits per heavy atom. The van der Waals surface area contributed by atoms with Crippen molar-refractivity contribution in [2.75, 3.05) is 0 Å². The Labute approximate surface area is 223 Å². The molecule has 1 aromatic carbocycles. The molecule has 3 heteroatoms. The van der Waals surface area contributed by atoms with Gasteiger partial charge in [0.15, 0.2) is 0 Å². The van der Waals surface area contributed by atoms with Crippen LogP contribution >= 0.6 is 28.5 Å². The lowest BCUT2D eigenvalue weighted by molar-refractivity contribution is -0.0550. The van der Waals surface area contributed by atoms with Crippen LogP contribution in [0.2, 0.25) is 0 Å². The summed E-state index contributed by atoms with van der Waals surface area (Å²) in [6.07, 6.45) is 16.4.